The summed E-state index contributed by atoms with van der Waals surface area (Å²) < 4.78 is 16.5. The van der Waals surface area contributed by atoms with Gasteiger partial charge >= 0.3 is 0 Å². The average molecular weight is 401 g/mol. The Bertz CT molecular complexity index is 727. The molecule has 1 aromatic carbocycles. The quantitative estimate of drug-likeness (QED) is 0.471. The second-order valence-corrected chi connectivity index (χ2v) is 6.84. The summed E-state index contributed by atoms with van der Waals surface area (Å²) in [7, 11) is 0. The van der Waals surface area contributed by atoms with Gasteiger partial charge in [0.15, 0.2) is 5.96 Å². The molecule has 158 valence electrons. The van der Waals surface area contributed by atoms with Gasteiger partial charge in [0.05, 0.1) is 32.6 Å². The van der Waals surface area contributed by atoms with Gasteiger partial charge in [0.1, 0.15) is 11.5 Å². The van der Waals surface area contributed by atoms with Crippen LogP contribution >= 0.6 is 0 Å². The van der Waals surface area contributed by atoms with Crippen molar-refractivity contribution in [2.75, 3.05) is 52.5 Å². The van der Waals surface area contributed by atoms with Crippen LogP contribution in [0.25, 0.3) is 0 Å². The van der Waals surface area contributed by atoms with Gasteiger partial charge in [0.2, 0.25) is 0 Å². The zero-order valence-corrected chi connectivity index (χ0v) is 17.2. The molecule has 1 aromatic heterocycles. The van der Waals surface area contributed by atoms with Gasteiger partial charge in [-0.15, -0.1) is 0 Å². The first-order valence-electron chi connectivity index (χ1n) is 10.4. The molecule has 3 rings (SSSR count). The SMILES string of the molecule is CCOc1ccccc1CN=C(NCCc1ccco1)NCCN1CCOCC1. The van der Waals surface area contributed by atoms with Crippen molar-refractivity contribution in [2.45, 2.75) is 19.9 Å². The lowest BCUT2D eigenvalue weighted by molar-refractivity contribution is 0.0389. The van der Waals surface area contributed by atoms with Crippen LogP contribution in [0.2, 0.25) is 0 Å². The lowest BCUT2D eigenvalue weighted by atomic mass is 10.2. The molecular formula is C22H32N4O3. The van der Waals surface area contributed by atoms with Crippen molar-refractivity contribution in [2.24, 2.45) is 4.99 Å². The molecule has 1 saturated heterocycles. The van der Waals surface area contributed by atoms with Crippen molar-refractivity contribution >= 4 is 5.96 Å². The highest BCUT2D eigenvalue weighted by Crippen LogP contribution is 2.18. The number of guanidine groups is 1. The standard InChI is InChI=1S/C22H32N4O3/c1-2-28-21-8-4-3-6-19(21)18-25-22(23-10-9-20-7-5-15-29-20)24-11-12-26-13-16-27-17-14-26/h3-8,15H,2,9-14,16-18H2,1H3,(H2,23,24,25). The van der Waals surface area contributed by atoms with E-state index in [1.807, 2.05) is 37.3 Å². The highest BCUT2D eigenvalue weighted by atomic mass is 16.5. The Morgan fingerprint density at radius 3 is 2.72 bits per heavy atom. The third-order valence-corrected chi connectivity index (χ3v) is 4.75. The smallest absolute Gasteiger partial charge is 0.191 e. The molecule has 0 bridgehead atoms. The van der Waals surface area contributed by atoms with E-state index in [4.69, 9.17) is 18.9 Å². The summed E-state index contributed by atoms with van der Waals surface area (Å²) in [5.74, 6) is 2.66. The van der Waals surface area contributed by atoms with Gasteiger partial charge < -0.3 is 24.5 Å². The van der Waals surface area contributed by atoms with Gasteiger partial charge in [0, 0.05) is 44.7 Å². The molecule has 29 heavy (non-hydrogen) atoms. The van der Waals surface area contributed by atoms with E-state index in [0.717, 1.165) is 75.4 Å². The summed E-state index contributed by atoms with van der Waals surface area (Å²) in [6.07, 6.45) is 2.52. The van der Waals surface area contributed by atoms with Crippen LogP contribution in [0.5, 0.6) is 5.75 Å². The Kier molecular flexibility index (Phi) is 8.88. The summed E-state index contributed by atoms with van der Waals surface area (Å²) in [6.45, 7) is 9.36. The predicted octanol–water partition coefficient (Wildman–Crippen LogP) is 2.29. The first-order chi connectivity index (χ1) is 14.3. The second kappa shape index (κ2) is 12.1. The molecule has 2 aromatic rings. The van der Waals surface area contributed by atoms with E-state index in [1.165, 1.54) is 0 Å². The minimum atomic E-state index is 0.559. The van der Waals surface area contributed by atoms with E-state index in [9.17, 15) is 0 Å². The number of nitrogens with one attached hydrogen (secondary N) is 2. The third-order valence-electron chi connectivity index (χ3n) is 4.75. The molecule has 1 aliphatic heterocycles. The topological polar surface area (TPSA) is 71.3 Å². The largest absolute Gasteiger partial charge is 0.494 e. The van der Waals surface area contributed by atoms with E-state index in [0.29, 0.717) is 13.2 Å². The number of nitrogens with zero attached hydrogens (tertiary/aromatic N) is 2. The Labute approximate surface area is 173 Å². The summed E-state index contributed by atoms with van der Waals surface area (Å²) in [6, 6.07) is 12.0. The summed E-state index contributed by atoms with van der Waals surface area (Å²) in [5.41, 5.74) is 1.08. The predicted molar refractivity (Wildman–Crippen MR) is 114 cm³/mol. The van der Waals surface area contributed by atoms with Crippen molar-refractivity contribution in [1.29, 1.82) is 0 Å². The maximum Gasteiger partial charge on any atom is 0.191 e. The molecule has 0 unspecified atom stereocenters. The molecule has 7 heteroatoms. The highest BCUT2D eigenvalue weighted by Gasteiger charge is 2.10. The van der Waals surface area contributed by atoms with E-state index in [1.54, 1.807) is 6.26 Å². The van der Waals surface area contributed by atoms with Gasteiger partial charge in [-0.1, -0.05) is 18.2 Å². The summed E-state index contributed by atoms with van der Waals surface area (Å²) >= 11 is 0. The number of para-hydroxylation sites is 1. The number of rotatable bonds is 10. The van der Waals surface area contributed by atoms with Crippen LogP contribution in [0, 0.1) is 0 Å². The first-order valence-corrected chi connectivity index (χ1v) is 10.4. The monoisotopic (exact) mass is 400 g/mol. The number of morpholine rings is 1. The maximum absolute atomic E-state index is 5.72. The Morgan fingerprint density at radius 2 is 1.93 bits per heavy atom. The van der Waals surface area contributed by atoms with Crippen LogP contribution in [0.1, 0.15) is 18.2 Å². The fourth-order valence-corrected chi connectivity index (χ4v) is 3.19. The number of benzene rings is 1. The van der Waals surface area contributed by atoms with Crippen molar-refractivity contribution in [3.63, 3.8) is 0 Å². The van der Waals surface area contributed by atoms with Gasteiger partial charge in [-0.2, -0.15) is 0 Å². The molecule has 2 heterocycles. The zero-order valence-electron chi connectivity index (χ0n) is 17.2. The number of ether oxygens (including phenoxy) is 2. The number of hydrogen-bond donors (Lipinski definition) is 2. The van der Waals surface area contributed by atoms with Crippen molar-refractivity contribution in [1.82, 2.24) is 15.5 Å². The van der Waals surface area contributed by atoms with Crippen LogP contribution in [-0.4, -0.2) is 63.4 Å². The molecule has 2 N–H and O–H groups in total. The lowest BCUT2D eigenvalue weighted by Crippen LogP contribution is -2.44. The Hall–Kier alpha value is -2.51. The molecule has 1 aliphatic rings. The molecule has 0 saturated carbocycles. The van der Waals surface area contributed by atoms with Gasteiger partial charge in [-0.25, -0.2) is 4.99 Å². The molecule has 0 atom stereocenters. The van der Waals surface area contributed by atoms with Crippen LogP contribution < -0.4 is 15.4 Å². The Balaban J connectivity index is 1.55. The minimum absolute atomic E-state index is 0.559. The van der Waals surface area contributed by atoms with E-state index in [2.05, 4.69) is 21.6 Å². The fourth-order valence-electron chi connectivity index (χ4n) is 3.19. The van der Waals surface area contributed by atoms with Crippen LogP contribution in [0.3, 0.4) is 0 Å². The normalized spacial score (nSPS) is 15.3. The molecule has 7 nitrogen and oxygen atoms in total. The zero-order chi connectivity index (χ0) is 20.2. The van der Waals surface area contributed by atoms with Crippen molar-refractivity contribution in [3.05, 3.63) is 54.0 Å². The van der Waals surface area contributed by atoms with E-state index < -0.39 is 0 Å². The summed E-state index contributed by atoms with van der Waals surface area (Å²) in [5, 5.41) is 6.87. The molecule has 0 aliphatic carbocycles. The average Bonchev–Trinajstić information content (AvgIpc) is 3.27. The van der Waals surface area contributed by atoms with E-state index in [-0.39, 0.29) is 0 Å². The highest BCUT2D eigenvalue weighted by molar-refractivity contribution is 5.79. The minimum Gasteiger partial charge on any atom is -0.494 e. The van der Waals surface area contributed by atoms with Crippen LogP contribution in [0.4, 0.5) is 0 Å². The van der Waals surface area contributed by atoms with E-state index >= 15 is 0 Å². The Morgan fingerprint density at radius 1 is 1.10 bits per heavy atom. The number of furan rings is 1. The fraction of sp³-hybridized carbons (Fsp3) is 0.500. The van der Waals surface area contributed by atoms with Gasteiger partial charge in [-0.3, -0.25) is 4.90 Å². The second-order valence-electron chi connectivity index (χ2n) is 6.84. The van der Waals surface area contributed by atoms with Crippen LogP contribution in [-0.2, 0) is 17.7 Å². The maximum atomic E-state index is 5.72. The van der Waals surface area contributed by atoms with Crippen molar-refractivity contribution < 1.29 is 13.9 Å². The summed E-state index contributed by atoms with van der Waals surface area (Å²) in [4.78, 5) is 7.18. The lowest BCUT2D eigenvalue weighted by Gasteiger charge is -2.26. The first kappa shape index (κ1) is 21.2. The molecular weight excluding hydrogens is 368 g/mol. The number of hydrogen-bond acceptors (Lipinski definition) is 5. The third kappa shape index (κ3) is 7.44. The van der Waals surface area contributed by atoms with Crippen molar-refractivity contribution in [3.8, 4) is 5.75 Å². The van der Waals surface area contributed by atoms with Gasteiger partial charge in [0.25, 0.3) is 0 Å². The molecule has 1 fully saturated rings. The molecule has 0 spiro atoms. The molecule has 0 amide bonds. The van der Waals surface area contributed by atoms with Gasteiger partial charge in [-0.05, 0) is 25.1 Å². The number of aliphatic imine (C=N–C) groups is 1. The molecule has 0 radical (unpaired) electrons. The van der Waals surface area contributed by atoms with Crippen LogP contribution in [0.15, 0.2) is 52.1 Å².